The molecule has 0 saturated heterocycles. The lowest BCUT2D eigenvalue weighted by molar-refractivity contribution is -0.0282. The Kier molecular flexibility index (Phi) is 7.34. The molecule has 0 aromatic heterocycles. The molecule has 0 aromatic carbocycles. The van der Waals surface area contributed by atoms with Crippen LogP contribution in [0.3, 0.4) is 0 Å². The number of aliphatic hydroxyl groups is 1. The maximum absolute atomic E-state index is 9.81. The van der Waals surface area contributed by atoms with Gasteiger partial charge in [0.25, 0.3) is 0 Å². The average Bonchev–Trinajstić information content (AvgIpc) is 2.36. The van der Waals surface area contributed by atoms with Crippen LogP contribution in [0.1, 0.15) is 46.0 Å². The molecule has 1 saturated carbocycles. The monoisotopic (exact) mass is 253 g/mol. The molecule has 2 atom stereocenters. The SMILES string of the molecule is C#CCC(C)NCC(O)COC1CCC(C)CC1. The highest BCUT2D eigenvalue weighted by molar-refractivity contribution is 4.88. The fourth-order valence-electron chi connectivity index (χ4n) is 2.29. The van der Waals surface area contributed by atoms with Crippen LogP contribution >= 0.6 is 0 Å². The molecule has 3 nitrogen and oxygen atoms in total. The van der Waals surface area contributed by atoms with E-state index < -0.39 is 6.10 Å². The number of hydrogen-bond acceptors (Lipinski definition) is 3. The van der Waals surface area contributed by atoms with Crippen molar-refractivity contribution in [2.24, 2.45) is 5.92 Å². The van der Waals surface area contributed by atoms with Crippen molar-refractivity contribution in [2.75, 3.05) is 13.2 Å². The molecule has 0 radical (unpaired) electrons. The van der Waals surface area contributed by atoms with Crippen molar-refractivity contribution < 1.29 is 9.84 Å². The van der Waals surface area contributed by atoms with Gasteiger partial charge >= 0.3 is 0 Å². The summed E-state index contributed by atoms with van der Waals surface area (Å²) in [7, 11) is 0. The largest absolute Gasteiger partial charge is 0.389 e. The van der Waals surface area contributed by atoms with E-state index in [1.807, 2.05) is 6.92 Å². The van der Waals surface area contributed by atoms with E-state index in [1.54, 1.807) is 0 Å². The van der Waals surface area contributed by atoms with Gasteiger partial charge in [-0.1, -0.05) is 6.92 Å². The first kappa shape index (κ1) is 15.5. The molecule has 1 rings (SSSR count). The van der Waals surface area contributed by atoms with Crippen LogP contribution in [0.4, 0.5) is 0 Å². The molecule has 18 heavy (non-hydrogen) atoms. The molecule has 1 aliphatic rings. The van der Waals surface area contributed by atoms with E-state index in [0.717, 1.165) is 18.8 Å². The zero-order chi connectivity index (χ0) is 13.4. The maximum atomic E-state index is 9.81. The van der Waals surface area contributed by atoms with Gasteiger partial charge in [-0.3, -0.25) is 0 Å². The van der Waals surface area contributed by atoms with Gasteiger partial charge in [0.1, 0.15) is 0 Å². The number of terminal acetylenes is 1. The molecule has 0 aromatic rings. The summed E-state index contributed by atoms with van der Waals surface area (Å²) in [5.74, 6) is 3.44. The molecule has 0 aliphatic heterocycles. The van der Waals surface area contributed by atoms with Crippen molar-refractivity contribution in [3.05, 3.63) is 0 Å². The Balaban J connectivity index is 2.06. The van der Waals surface area contributed by atoms with Crippen molar-refractivity contribution in [3.63, 3.8) is 0 Å². The zero-order valence-corrected chi connectivity index (χ0v) is 11.7. The Morgan fingerprint density at radius 2 is 2.06 bits per heavy atom. The van der Waals surface area contributed by atoms with E-state index in [4.69, 9.17) is 11.2 Å². The summed E-state index contributed by atoms with van der Waals surface area (Å²) in [5, 5.41) is 13.0. The van der Waals surface area contributed by atoms with E-state index in [9.17, 15) is 5.11 Å². The van der Waals surface area contributed by atoms with Gasteiger partial charge in [0.15, 0.2) is 0 Å². The van der Waals surface area contributed by atoms with Crippen LogP contribution in [0.2, 0.25) is 0 Å². The minimum atomic E-state index is -0.440. The summed E-state index contributed by atoms with van der Waals surface area (Å²) in [5.41, 5.74) is 0. The highest BCUT2D eigenvalue weighted by Crippen LogP contribution is 2.25. The van der Waals surface area contributed by atoms with Crippen molar-refractivity contribution in [1.82, 2.24) is 5.32 Å². The third kappa shape index (κ3) is 6.39. The predicted octanol–water partition coefficient (Wildman–Crippen LogP) is 1.94. The van der Waals surface area contributed by atoms with Crippen LogP contribution in [0.25, 0.3) is 0 Å². The number of aliphatic hydroxyl groups excluding tert-OH is 1. The van der Waals surface area contributed by atoms with E-state index in [0.29, 0.717) is 25.7 Å². The van der Waals surface area contributed by atoms with Crippen LogP contribution in [0.15, 0.2) is 0 Å². The highest BCUT2D eigenvalue weighted by Gasteiger charge is 2.19. The fourth-order valence-corrected chi connectivity index (χ4v) is 2.29. The standard InChI is InChI=1S/C15H27NO2/c1-4-5-13(3)16-10-14(17)11-18-15-8-6-12(2)7-9-15/h1,12-17H,5-11H2,2-3H3. The van der Waals surface area contributed by atoms with Gasteiger partial charge in [0, 0.05) is 19.0 Å². The van der Waals surface area contributed by atoms with Gasteiger partial charge in [0.05, 0.1) is 18.8 Å². The third-order valence-corrected chi connectivity index (χ3v) is 3.61. The summed E-state index contributed by atoms with van der Waals surface area (Å²) in [4.78, 5) is 0. The Hall–Kier alpha value is -0.560. The van der Waals surface area contributed by atoms with Crippen LogP contribution in [0, 0.1) is 18.3 Å². The first-order valence-corrected chi connectivity index (χ1v) is 7.08. The smallest absolute Gasteiger partial charge is 0.0897 e. The van der Waals surface area contributed by atoms with Gasteiger partial charge in [-0.15, -0.1) is 12.3 Å². The summed E-state index contributed by atoms with van der Waals surface area (Å²) >= 11 is 0. The van der Waals surface area contributed by atoms with Crippen LogP contribution in [-0.4, -0.2) is 36.5 Å². The molecule has 3 heteroatoms. The molecule has 0 heterocycles. The summed E-state index contributed by atoms with van der Waals surface area (Å²) in [6.07, 6.45) is 10.6. The number of rotatable bonds is 7. The van der Waals surface area contributed by atoms with Crippen LogP contribution in [-0.2, 0) is 4.74 Å². The molecule has 0 amide bonds. The fraction of sp³-hybridized carbons (Fsp3) is 0.867. The zero-order valence-electron chi connectivity index (χ0n) is 11.7. The lowest BCUT2D eigenvalue weighted by atomic mass is 9.89. The summed E-state index contributed by atoms with van der Waals surface area (Å²) < 4.78 is 5.76. The second-order valence-corrected chi connectivity index (χ2v) is 5.59. The lowest BCUT2D eigenvalue weighted by Gasteiger charge is -2.27. The molecule has 104 valence electrons. The average molecular weight is 253 g/mol. The normalized spacial score (nSPS) is 27.4. The maximum Gasteiger partial charge on any atom is 0.0897 e. The van der Waals surface area contributed by atoms with Gasteiger partial charge in [-0.25, -0.2) is 0 Å². The number of nitrogens with one attached hydrogen (secondary N) is 1. The summed E-state index contributed by atoms with van der Waals surface area (Å²) in [6, 6.07) is 0.250. The summed E-state index contributed by atoms with van der Waals surface area (Å²) in [6.45, 7) is 5.29. The second-order valence-electron chi connectivity index (χ2n) is 5.59. The molecule has 2 unspecified atom stereocenters. The number of hydrogen-bond donors (Lipinski definition) is 2. The third-order valence-electron chi connectivity index (χ3n) is 3.61. The van der Waals surface area contributed by atoms with Gasteiger partial charge < -0.3 is 15.2 Å². The van der Waals surface area contributed by atoms with Crippen molar-refractivity contribution in [2.45, 2.75) is 64.2 Å². The van der Waals surface area contributed by atoms with Gasteiger partial charge in [-0.2, -0.15) is 0 Å². The highest BCUT2D eigenvalue weighted by atomic mass is 16.5. The second kappa shape index (κ2) is 8.53. The molecule has 0 spiro atoms. The van der Waals surface area contributed by atoms with E-state index in [-0.39, 0.29) is 6.04 Å². The topological polar surface area (TPSA) is 41.5 Å². The van der Waals surface area contributed by atoms with Crippen LogP contribution < -0.4 is 5.32 Å². The lowest BCUT2D eigenvalue weighted by Crippen LogP contribution is -2.37. The molecule has 1 fully saturated rings. The van der Waals surface area contributed by atoms with Crippen molar-refractivity contribution >= 4 is 0 Å². The Bertz CT molecular complexity index is 254. The predicted molar refractivity (Wildman–Crippen MR) is 74.3 cm³/mol. The van der Waals surface area contributed by atoms with Crippen molar-refractivity contribution in [1.29, 1.82) is 0 Å². The molecular weight excluding hydrogens is 226 g/mol. The van der Waals surface area contributed by atoms with Gasteiger partial charge in [0.2, 0.25) is 0 Å². The van der Waals surface area contributed by atoms with Crippen LogP contribution in [0.5, 0.6) is 0 Å². The quantitative estimate of drug-likeness (QED) is 0.681. The minimum Gasteiger partial charge on any atom is -0.389 e. The van der Waals surface area contributed by atoms with E-state index in [2.05, 4.69) is 18.2 Å². The molecule has 1 aliphatic carbocycles. The van der Waals surface area contributed by atoms with E-state index >= 15 is 0 Å². The first-order chi connectivity index (χ1) is 8.61. The van der Waals surface area contributed by atoms with Gasteiger partial charge in [-0.05, 0) is 38.5 Å². The Labute approximate surface area is 111 Å². The molecule has 0 bridgehead atoms. The minimum absolute atomic E-state index is 0.250. The number of ether oxygens (including phenoxy) is 1. The Morgan fingerprint density at radius 3 is 2.67 bits per heavy atom. The Morgan fingerprint density at radius 1 is 1.39 bits per heavy atom. The van der Waals surface area contributed by atoms with E-state index in [1.165, 1.54) is 12.8 Å². The molecular formula is C15H27NO2. The first-order valence-electron chi connectivity index (χ1n) is 7.08. The molecule has 2 N–H and O–H groups in total. The van der Waals surface area contributed by atoms with Crippen molar-refractivity contribution in [3.8, 4) is 12.3 Å².